The van der Waals surface area contributed by atoms with E-state index in [1.807, 2.05) is 0 Å². The summed E-state index contributed by atoms with van der Waals surface area (Å²) < 4.78 is 0. The van der Waals surface area contributed by atoms with Gasteiger partial charge in [0.25, 0.3) is 0 Å². The van der Waals surface area contributed by atoms with Crippen molar-refractivity contribution in [3.05, 3.63) is 0 Å². The molecule has 0 saturated heterocycles. The molecule has 0 aromatic heterocycles. The molecular weight excluding hydrogens is 152 g/mol. The summed E-state index contributed by atoms with van der Waals surface area (Å²) in [5, 5.41) is 0. The summed E-state index contributed by atoms with van der Waals surface area (Å²) in [6.07, 6.45) is 7.28. The molecule has 60 valence electrons. The molecule has 0 aromatic carbocycles. The zero-order chi connectivity index (χ0) is 7.42. The second kappa shape index (κ2) is 2.07. The summed E-state index contributed by atoms with van der Waals surface area (Å²) >= 11 is 5.39. The van der Waals surface area contributed by atoms with Gasteiger partial charge >= 0.3 is 0 Å². The fourth-order valence-electron chi connectivity index (χ4n) is 3.79. The van der Waals surface area contributed by atoms with Gasteiger partial charge in [0, 0.05) is 0 Å². The van der Waals surface area contributed by atoms with Crippen molar-refractivity contribution in [1.82, 2.24) is 0 Å². The number of hydrogen-bond acceptors (Lipinski definition) is 1. The normalized spacial score (nSPS) is 53.6. The molecule has 0 nitrogen and oxygen atoms in total. The Morgan fingerprint density at radius 1 is 1.18 bits per heavy atom. The van der Waals surface area contributed by atoms with Crippen molar-refractivity contribution in [3.63, 3.8) is 0 Å². The van der Waals surface area contributed by atoms with E-state index in [-0.39, 0.29) is 0 Å². The molecule has 0 spiro atoms. The van der Waals surface area contributed by atoms with Crippen LogP contribution in [0.3, 0.4) is 0 Å². The number of thiocarbonyl (C=S) groups is 1. The van der Waals surface area contributed by atoms with E-state index in [2.05, 4.69) is 0 Å². The van der Waals surface area contributed by atoms with Gasteiger partial charge in [-0.1, -0.05) is 18.6 Å². The molecule has 3 aliphatic rings. The van der Waals surface area contributed by atoms with E-state index in [1.54, 1.807) is 0 Å². The molecule has 3 aliphatic carbocycles. The summed E-state index contributed by atoms with van der Waals surface area (Å²) in [7, 11) is 0. The highest BCUT2D eigenvalue weighted by Gasteiger charge is 2.51. The molecule has 0 aromatic rings. The maximum absolute atomic E-state index is 5.39. The first-order valence-corrected chi connectivity index (χ1v) is 5.30. The van der Waals surface area contributed by atoms with Crippen molar-refractivity contribution < 1.29 is 0 Å². The molecule has 3 fully saturated rings. The van der Waals surface area contributed by atoms with E-state index in [4.69, 9.17) is 12.2 Å². The first kappa shape index (κ1) is 6.59. The zero-order valence-electron chi connectivity index (χ0n) is 6.75. The molecule has 0 unspecified atom stereocenters. The standard InChI is InChI=1S/C10H14S/c11-10-5-6-4-9(10)8-3-1-2-7(6)8/h6-9H,1-5H2/t6-,7+,8+,9-/m1/s1. The SMILES string of the molecule is S=C1C[C@H]2C[C@@H]1[C@H]1CCC[C@@H]21. The first-order chi connectivity index (χ1) is 5.36. The molecule has 3 saturated carbocycles. The second-order valence-corrected chi connectivity index (χ2v) is 5.06. The van der Waals surface area contributed by atoms with Gasteiger partial charge in [0.2, 0.25) is 0 Å². The topological polar surface area (TPSA) is 0 Å². The number of rotatable bonds is 0. The molecule has 3 rings (SSSR count). The van der Waals surface area contributed by atoms with Gasteiger partial charge in [0.15, 0.2) is 0 Å². The Kier molecular flexibility index (Phi) is 1.24. The van der Waals surface area contributed by atoms with Gasteiger partial charge in [-0.3, -0.25) is 0 Å². The third-order valence-corrected chi connectivity index (χ3v) is 4.65. The first-order valence-electron chi connectivity index (χ1n) is 4.89. The van der Waals surface area contributed by atoms with Crippen LogP contribution in [0.2, 0.25) is 0 Å². The van der Waals surface area contributed by atoms with Crippen LogP contribution in [0.15, 0.2) is 0 Å². The highest BCUT2D eigenvalue weighted by Crippen LogP contribution is 2.57. The molecule has 11 heavy (non-hydrogen) atoms. The predicted octanol–water partition coefficient (Wildman–Crippen LogP) is 2.81. The summed E-state index contributed by atoms with van der Waals surface area (Å²) in [5.74, 6) is 4.07. The van der Waals surface area contributed by atoms with Gasteiger partial charge in [-0.2, -0.15) is 0 Å². The van der Waals surface area contributed by atoms with Gasteiger partial charge in [-0.25, -0.2) is 0 Å². The van der Waals surface area contributed by atoms with Crippen LogP contribution in [0.4, 0.5) is 0 Å². The van der Waals surface area contributed by atoms with Crippen molar-refractivity contribution in [3.8, 4) is 0 Å². The van der Waals surface area contributed by atoms with Gasteiger partial charge in [0.1, 0.15) is 0 Å². The average Bonchev–Trinajstić information content (AvgIpc) is 2.52. The minimum atomic E-state index is 0.891. The fraction of sp³-hybridized carbons (Fsp3) is 0.900. The Bertz CT molecular complexity index is 209. The average molecular weight is 166 g/mol. The maximum Gasteiger partial charge on any atom is -0.00348 e. The highest BCUT2D eigenvalue weighted by atomic mass is 32.1. The van der Waals surface area contributed by atoms with Gasteiger partial charge in [0.05, 0.1) is 0 Å². The van der Waals surface area contributed by atoms with Crippen LogP contribution in [0, 0.1) is 23.7 Å². The van der Waals surface area contributed by atoms with E-state index in [0.717, 1.165) is 23.7 Å². The highest BCUT2D eigenvalue weighted by molar-refractivity contribution is 7.80. The summed E-state index contributed by atoms with van der Waals surface area (Å²) in [6, 6.07) is 0. The van der Waals surface area contributed by atoms with Crippen LogP contribution in [0.5, 0.6) is 0 Å². The van der Waals surface area contributed by atoms with Crippen molar-refractivity contribution in [1.29, 1.82) is 0 Å². The van der Waals surface area contributed by atoms with E-state index in [0.29, 0.717) is 0 Å². The van der Waals surface area contributed by atoms with Crippen molar-refractivity contribution in [2.45, 2.75) is 32.1 Å². The fourth-order valence-corrected chi connectivity index (χ4v) is 4.28. The molecule has 0 radical (unpaired) electrons. The van der Waals surface area contributed by atoms with Gasteiger partial charge in [-0.15, -0.1) is 0 Å². The monoisotopic (exact) mass is 166 g/mol. The largest absolute Gasteiger partial charge is 0.0894 e. The third kappa shape index (κ3) is 0.729. The van der Waals surface area contributed by atoms with Crippen LogP contribution in [-0.4, -0.2) is 4.86 Å². The predicted molar refractivity (Wildman–Crippen MR) is 49.6 cm³/mol. The van der Waals surface area contributed by atoms with Crippen molar-refractivity contribution in [2.24, 2.45) is 23.7 Å². The van der Waals surface area contributed by atoms with Crippen molar-refractivity contribution >= 4 is 17.1 Å². The second-order valence-electron chi connectivity index (χ2n) is 4.53. The lowest BCUT2D eigenvalue weighted by atomic mass is 9.82. The third-order valence-electron chi connectivity index (χ3n) is 4.18. The summed E-state index contributed by atoms with van der Waals surface area (Å²) in [4.78, 5) is 1.43. The Morgan fingerprint density at radius 3 is 2.91 bits per heavy atom. The molecule has 2 bridgehead atoms. The van der Waals surface area contributed by atoms with E-state index in [1.165, 1.54) is 37.0 Å². The van der Waals surface area contributed by atoms with Crippen molar-refractivity contribution in [2.75, 3.05) is 0 Å². The molecule has 0 N–H and O–H groups in total. The van der Waals surface area contributed by atoms with E-state index < -0.39 is 0 Å². The Morgan fingerprint density at radius 2 is 2.00 bits per heavy atom. The Balaban J connectivity index is 1.95. The minimum absolute atomic E-state index is 0.891. The smallest absolute Gasteiger partial charge is 0.00348 e. The molecule has 0 amide bonds. The minimum Gasteiger partial charge on any atom is -0.0894 e. The summed E-state index contributed by atoms with van der Waals surface area (Å²) in [6.45, 7) is 0. The molecule has 4 atom stereocenters. The molecule has 0 aliphatic heterocycles. The van der Waals surface area contributed by atoms with Crippen LogP contribution in [0.1, 0.15) is 32.1 Å². The number of hydrogen-bond donors (Lipinski definition) is 0. The quantitative estimate of drug-likeness (QED) is 0.499. The Hall–Kier alpha value is 0.0900. The molecule has 0 heterocycles. The lowest BCUT2D eigenvalue weighted by molar-refractivity contribution is 0.336. The van der Waals surface area contributed by atoms with E-state index >= 15 is 0 Å². The van der Waals surface area contributed by atoms with Gasteiger partial charge in [-0.05, 0) is 54.2 Å². The molecule has 1 heteroatoms. The van der Waals surface area contributed by atoms with Crippen LogP contribution >= 0.6 is 12.2 Å². The van der Waals surface area contributed by atoms with Gasteiger partial charge < -0.3 is 0 Å². The van der Waals surface area contributed by atoms with Crippen LogP contribution in [0.25, 0.3) is 0 Å². The molecular formula is C10H14S. The lowest BCUT2D eigenvalue weighted by Gasteiger charge is -2.24. The maximum atomic E-state index is 5.39. The Labute approximate surface area is 73.4 Å². The number of fused-ring (bicyclic) bond motifs is 5. The lowest BCUT2D eigenvalue weighted by Crippen LogP contribution is -2.22. The zero-order valence-corrected chi connectivity index (χ0v) is 7.57. The van der Waals surface area contributed by atoms with E-state index in [9.17, 15) is 0 Å². The van der Waals surface area contributed by atoms with Crippen LogP contribution < -0.4 is 0 Å². The van der Waals surface area contributed by atoms with Crippen LogP contribution in [-0.2, 0) is 0 Å². The summed E-state index contributed by atoms with van der Waals surface area (Å²) in [5.41, 5.74) is 0.